The standard InChI is InChI=1S/C17H17F3N6O/c1-16(2,15(27)24-9-17(18,19)20)26-12-5-7-22-14(25-12)11-8-23-13-10(11)4-3-6-21-13/h3-8H,9H2,1-2H3,(H,21,23)(H,24,27)(H,22,25,26). The average molecular weight is 378 g/mol. The number of nitrogens with zero attached hydrogens (tertiary/aromatic N) is 3. The molecule has 0 aliphatic carbocycles. The van der Waals surface area contributed by atoms with Crippen LogP contribution >= 0.6 is 0 Å². The highest BCUT2D eigenvalue weighted by atomic mass is 19.4. The third-order valence-corrected chi connectivity index (χ3v) is 3.81. The first-order valence-electron chi connectivity index (χ1n) is 8.04. The van der Waals surface area contributed by atoms with Gasteiger partial charge in [0.25, 0.3) is 0 Å². The number of aromatic nitrogens is 4. The Morgan fingerprint density at radius 1 is 1.19 bits per heavy atom. The maximum atomic E-state index is 12.3. The lowest BCUT2D eigenvalue weighted by Crippen LogP contribution is -2.50. The van der Waals surface area contributed by atoms with Gasteiger partial charge in [0.15, 0.2) is 5.82 Å². The molecule has 0 aliphatic rings. The van der Waals surface area contributed by atoms with Crippen LogP contribution in [0.1, 0.15) is 13.8 Å². The molecule has 0 bridgehead atoms. The van der Waals surface area contributed by atoms with Crippen LogP contribution in [0.2, 0.25) is 0 Å². The average Bonchev–Trinajstić information content (AvgIpc) is 3.03. The number of fused-ring (bicyclic) bond motifs is 1. The molecule has 3 rings (SSSR count). The number of pyridine rings is 1. The van der Waals surface area contributed by atoms with Crippen molar-refractivity contribution in [3.63, 3.8) is 0 Å². The third-order valence-electron chi connectivity index (χ3n) is 3.81. The summed E-state index contributed by atoms with van der Waals surface area (Å²) in [5.41, 5.74) is 0.0981. The van der Waals surface area contributed by atoms with Crippen molar-refractivity contribution in [2.45, 2.75) is 25.6 Å². The lowest BCUT2D eigenvalue weighted by Gasteiger charge is -2.26. The lowest BCUT2D eigenvalue weighted by molar-refractivity contribution is -0.140. The second-order valence-electron chi connectivity index (χ2n) is 6.42. The lowest BCUT2D eigenvalue weighted by atomic mass is 10.0. The SMILES string of the molecule is CC(C)(Nc1ccnc(-c2c[nH]c3ncccc23)n1)C(=O)NCC(F)(F)F. The number of alkyl halides is 3. The first kappa shape index (κ1) is 18.6. The minimum Gasteiger partial charge on any atom is -0.356 e. The molecule has 0 unspecified atom stereocenters. The van der Waals surface area contributed by atoms with Crippen LogP contribution in [0.4, 0.5) is 19.0 Å². The van der Waals surface area contributed by atoms with E-state index in [9.17, 15) is 18.0 Å². The second kappa shape index (κ2) is 6.86. The summed E-state index contributed by atoms with van der Waals surface area (Å²) in [6, 6.07) is 5.19. The second-order valence-corrected chi connectivity index (χ2v) is 6.42. The Labute approximate surface area is 152 Å². The van der Waals surface area contributed by atoms with Gasteiger partial charge in [0.2, 0.25) is 5.91 Å². The van der Waals surface area contributed by atoms with Gasteiger partial charge in [0, 0.05) is 29.5 Å². The number of amides is 1. The van der Waals surface area contributed by atoms with Crippen LogP contribution in [0.15, 0.2) is 36.8 Å². The Balaban J connectivity index is 1.80. The summed E-state index contributed by atoms with van der Waals surface area (Å²) in [7, 11) is 0. The number of hydrogen-bond donors (Lipinski definition) is 3. The van der Waals surface area contributed by atoms with Gasteiger partial charge < -0.3 is 15.6 Å². The number of anilines is 1. The zero-order valence-corrected chi connectivity index (χ0v) is 14.6. The fourth-order valence-corrected chi connectivity index (χ4v) is 2.48. The van der Waals surface area contributed by atoms with E-state index in [1.807, 2.05) is 11.4 Å². The fraction of sp³-hybridized carbons (Fsp3) is 0.294. The van der Waals surface area contributed by atoms with E-state index in [4.69, 9.17) is 0 Å². The Morgan fingerprint density at radius 3 is 2.70 bits per heavy atom. The van der Waals surface area contributed by atoms with E-state index in [2.05, 4.69) is 25.3 Å². The molecular formula is C17H17F3N6O. The molecule has 10 heteroatoms. The van der Waals surface area contributed by atoms with Crippen molar-refractivity contribution in [2.24, 2.45) is 0 Å². The molecule has 3 heterocycles. The summed E-state index contributed by atoms with van der Waals surface area (Å²) in [5.74, 6) is -0.0903. The first-order chi connectivity index (χ1) is 12.7. The highest BCUT2D eigenvalue weighted by molar-refractivity contribution is 5.92. The van der Waals surface area contributed by atoms with Crippen molar-refractivity contribution in [3.8, 4) is 11.4 Å². The number of carbonyl (C=O) groups is 1. The van der Waals surface area contributed by atoms with Crippen molar-refractivity contribution >= 4 is 22.8 Å². The minimum atomic E-state index is -4.47. The monoisotopic (exact) mass is 378 g/mol. The van der Waals surface area contributed by atoms with Crippen molar-refractivity contribution in [3.05, 3.63) is 36.8 Å². The summed E-state index contributed by atoms with van der Waals surface area (Å²) < 4.78 is 36.9. The molecule has 7 nitrogen and oxygen atoms in total. The number of rotatable bonds is 5. The maximum absolute atomic E-state index is 12.3. The summed E-state index contributed by atoms with van der Waals surface area (Å²) in [4.78, 5) is 27.9. The van der Waals surface area contributed by atoms with Crippen LogP contribution in [0, 0.1) is 0 Å². The molecule has 3 aromatic rings. The van der Waals surface area contributed by atoms with Gasteiger partial charge in [-0.2, -0.15) is 13.2 Å². The largest absolute Gasteiger partial charge is 0.405 e. The Bertz CT molecular complexity index is 966. The Morgan fingerprint density at radius 2 is 1.96 bits per heavy atom. The predicted molar refractivity (Wildman–Crippen MR) is 93.9 cm³/mol. The molecule has 0 aromatic carbocycles. The number of aromatic amines is 1. The normalized spacial score (nSPS) is 12.2. The molecular weight excluding hydrogens is 361 g/mol. The van der Waals surface area contributed by atoms with Gasteiger partial charge >= 0.3 is 6.18 Å². The van der Waals surface area contributed by atoms with Gasteiger partial charge in [0.05, 0.1) is 0 Å². The van der Waals surface area contributed by atoms with E-state index in [0.717, 1.165) is 10.9 Å². The van der Waals surface area contributed by atoms with E-state index in [0.29, 0.717) is 17.3 Å². The fourth-order valence-electron chi connectivity index (χ4n) is 2.48. The first-order valence-corrected chi connectivity index (χ1v) is 8.04. The molecule has 0 fully saturated rings. The highest BCUT2D eigenvalue weighted by Gasteiger charge is 2.33. The zero-order valence-electron chi connectivity index (χ0n) is 14.6. The van der Waals surface area contributed by atoms with E-state index in [-0.39, 0.29) is 0 Å². The van der Waals surface area contributed by atoms with Gasteiger partial charge in [-0.15, -0.1) is 0 Å². The van der Waals surface area contributed by atoms with Gasteiger partial charge in [0.1, 0.15) is 23.5 Å². The Hall–Kier alpha value is -3.17. The van der Waals surface area contributed by atoms with Crippen LogP contribution in [0.3, 0.4) is 0 Å². The summed E-state index contributed by atoms with van der Waals surface area (Å²) in [6.45, 7) is 1.54. The summed E-state index contributed by atoms with van der Waals surface area (Å²) in [6.07, 6.45) is 0.405. The van der Waals surface area contributed by atoms with E-state index < -0.39 is 24.2 Å². The van der Waals surface area contributed by atoms with Gasteiger partial charge in [-0.3, -0.25) is 4.79 Å². The van der Waals surface area contributed by atoms with Gasteiger partial charge in [-0.1, -0.05) is 0 Å². The molecule has 27 heavy (non-hydrogen) atoms. The van der Waals surface area contributed by atoms with Crippen molar-refractivity contribution < 1.29 is 18.0 Å². The van der Waals surface area contributed by atoms with E-state index in [1.165, 1.54) is 26.1 Å². The number of hydrogen-bond acceptors (Lipinski definition) is 5. The van der Waals surface area contributed by atoms with Gasteiger partial charge in [-0.25, -0.2) is 15.0 Å². The maximum Gasteiger partial charge on any atom is 0.405 e. The highest BCUT2D eigenvalue weighted by Crippen LogP contribution is 2.25. The molecule has 0 atom stereocenters. The topological polar surface area (TPSA) is 95.6 Å². The summed E-state index contributed by atoms with van der Waals surface area (Å²) in [5, 5.41) is 5.55. The molecule has 0 spiro atoms. The minimum absolute atomic E-state index is 0.311. The molecule has 142 valence electrons. The quantitative estimate of drug-likeness (QED) is 0.635. The molecule has 0 saturated heterocycles. The van der Waals surface area contributed by atoms with Crippen LogP contribution in [-0.4, -0.2) is 44.1 Å². The molecule has 0 radical (unpaired) electrons. The summed E-state index contributed by atoms with van der Waals surface area (Å²) >= 11 is 0. The van der Waals surface area contributed by atoms with Crippen LogP contribution < -0.4 is 10.6 Å². The third kappa shape index (κ3) is 4.33. The van der Waals surface area contributed by atoms with Crippen LogP contribution in [-0.2, 0) is 4.79 Å². The molecule has 3 N–H and O–H groups in total. The van der Waals surface area contributed by atoms with Crippen molar-refractivity contribution in [1.82, 2.24) is 25.3 Å². The smallest absolute Gasteiger partial charge is 0.356 e. The Kier molecular flexibility index (Phi) is 4.73. The number of carbonyl (C=O) groups excluding carboxylic acids is 1. The van der Waals surface area contributed by atoms with E-state index in [1.54, 1.807) is 18.5 Å². The van der Waals surface area contributed by atoms with Gasteiger partial charge in [-0.05, 0) is 32.0 Å². The number of H-pyrrole nitrogens is 1. The molecule has 0 saturated carbocycles. The zero-order chi connectivity index (χ0) is 19.7. The molecule has 1 amide bonds. The number of halogens is 3. The van der Waals surface area contributed by atoms with Crippen LogP contribution in [0.25, 0.3) is 22.4 Å². The van der Waals surface area contributed by atoms with Crippen molar-refractivity contribution in [2.75, 3.05) is 11.9 Å². The van der Waals surface area contributed by atoms with E-state index >= 15 is 0 Å². The number of nitrogens with one attached hydrogen (secondary N) is 3. The predicted octanol–water partition coefficient (Wildman–Crippen LogP) is 2.89. The van der Waals surface area contributed by atoms with Crippen LogP contribution in [0.5, 0.6) is 0 Å². The van der Waals surface area contributed by atoms with Crippen molar-refractivity contribution in [1.29, 1.82) is 0 Å². The molecule has 0 aliphatic heterocycles. The molecule has 3 aromatic heterocycles.